The van der Waals surface area contributed by atoms with Crippen molar-refractivity contribution >= 4 is 34.2 Å². The molecule has 1 N–H and O–H groups in total. The average Bonchev–Trinajstić information content (AvgIpc) is 3.00. The lowest BCUT2D eigenvalue weighted by atomic mass is 10.0. The number of carbonyl (C=O) groups is 1. The smallest absolute Gasteiger partial charge is 0.348 e. The summed E-state index contributed by atoms with van der Waals surface area (Å²) in [6.45, 7) is 4.54. The zero-order valence-corrected chi connectivity index (χ0v) is 20.3. The number of nitrogens with one attached hydrogen (secondary N) is 1. The third kappa shape index (κ3) is 7.16. The van der Waals surface area contributed by atoms with E-state index in [4.69, 9.17) is 9.47 Å². The number of nitrogens with zero attached hydrogens (tertiary/aromatic N) is 1. The van der Waals surface area contributed by atoms with Crippen LogP contribution in [0.1, 0.15) is 30.5 Å². The van der Waals surface area contributed by atoms with Crippen molar-refractivity contribution in [3.8, 4) is 0 Å². The van der Waals surface area contributed by atoms with Crippen LogP contribution >= 0.6 is 22.6 Å². The first-order valence-electron chi connectivity index (χ1n) is 10.2. The first kappa shape index (κ1) is 24.9. The second-order valence-corrected chi connectivity index (χ2v) is 9.62. The Morgan fingerprint density at radius 1 is 1.25 bits per heavy atom. The zero-order valence-electron chi connectivity index (χ0n) is 18.1. The summed E-state index contributed by atoms with van der Waals surface area (Å²) >= 11 is 2.14. The topological polar surface area (TPSA) is 50.8 Å². The second kappa shape index (κ2) is 10.1. The van der Waals surface area contributed by atoms with E-state index in [1.54, 1.807) is 25.8 Å². The van der Waals surface area contributed by atoms with Crippen LogP contribution in [-0.4, -0.2) is 42.9 Å². The molecule has 1 amide bonds. The number of hydrogen-bond donors (Lipinski definition) is 1. The van der Waals surface area contributed by atoms with Crippen molar-refractivity contribution < 1.29 is 27.4 Å². The highest BCUT2D eigenvalue weighted by atomic mass is 127. The van der Waals surface area contributed by atoms with Crippen molar-refractivity contribution in [1.29, 1.82) is 0 Å². The molecule has 1 aliphatic heterocycles. The number of rotatable bonds is 7. The van der Waals surface area contributed by atoms with E-state index in [0.29, 0.717) is 13.2 Å². The lowest BCUT2D eigenvalue weighted by Crippen LogP contribution is -2.32. The lowest BCUT2D eigenvalue weighted by molar-refractivity contribution is -0.140. The monoisotopic (exact) mass is 562 g/mol. The van der Waals surface area contributed by atoms with Gasteiger partial charge in [0, 0.05) is 22.3 Å². The van der Waals surface area contributed by atoms with Crippen molar-refractivity contribution in [2.45, 2.75) is 44.9 Å². The normalized spacial score (nSPS) is 18.2. The molecule has 5 nitrogen and oxygen atoms in total. The first-order valence-corrected chi connectivity index (χ1v) is 11.2. The molecule has 2 aromatic rings. The van der Waals surface area contributed by atoms with Crippen molar-refractivity contribution in [3.05, 3.63) is 62.7 Å². The van der Waals surface area contributed by atoms with E-state index < -0.39 is 17.5 Å². The molecule has 3 rings (SSSR count). The summed E-state index contributed by atoms with van der Waals surface area (Å²) in [5.41, 5.74) is 0.285. The summed E-state index contributed by atoms with van der Waals surface area (Å²) < 4.78 is 53.5. The minimum Gasteiger partial charge on any atom is -0.348 e. The SMILES string of the molecule is CN(Cc1ccc(NC(=O)Cc2cccc(I)c2)cc1C(F)(F)F)CC1COC(C)(C)O1. The van der Waals surface area contributed by atoms with Crippen LogP contribution in [-0.2, 0) is 33.4 Å². The maximum atomic E-state index is 13.7. The van der Waals surface area contributed by atoms with Crippen LogP contribution in [0, 0.1) is 3.57 Å². The summed E-state index contributed by atoms with van der Waals surface area (Å²) in [7, 11) is 1.74. The molecule has 1 unspecified atom stereocenters. The molecule has 1 aliphatic rings. The summed E-state index contributed by atoms with van der Waals surface area (Å²) in [5, 5.41) is 2.58. The minimum absolute atomic E-state index is 0.0858. The Bertz CT molecular complexity index is 966. The molecule has 1 fully saturated rings. The molecule has 2 aromatic carbocycles. The van der Waals surface area contributed by atoms with Crippen LogP contribution in [0.15, 0.2) is 42.5 Å². The Balaban J connectivity index is 1.68. The number of hydrogen-bond acceptors (Lipinski definition) is 4. The lowest BCUT2D eigenvalue weighted by Gasteiger charge is -2.23. The van der Waals surface area contributed by atoms with Crippen LogP contribution in [0.25, 0.3) is 0 Å². The van der Waals surface area contributed by atoms with E-state index in [1.807, 2.05) is 24.3 Å². The Hall–Kier alpha value is -1.69. The highest BCUT2D eigenvalue weighted by Gasteiger charge is 2.35. The standard InChI is InChI=1S/C23H26F3IN2O3/c1-22(2)31-14-19(32-22)13-29(3)12-16-7-8-18(11-20(16)23(24,25)26)28-21(30)10-15-5-4-6-17(27)9-15/h4-9,11,19H,10,12-14H2,1-3H3,(H,28,30). The summed E-state index contributed by atoms with van der Waals surface area (Å²) in [4.78, 5) is 14.1. The molecule has 1 saturated heterocycles. The van der Waals surface area contributed by atoms with E-state index in [9.17, 15) is 18.0 Å². The van der Waals surface area contributed by atoms with Gasteiger partial charge in [-0.1, -0.05) is 18.2 Å². The third-order valence-electron chi connectivity index (χ3n) is 4.98. The average molecular weight is 562 g/mol. The van der Waals surface area contributed by atoms with Gasteiger partial charge in [-0.05, 0) is 78.9 Å². The summed E-state index contributed by atoms with van der Waals surface area (Å²) in [5.74, 6) is -1.05. The molecule has 174 valence electrons. The number of alkyl halides is 3. The highest BCUT2D eigenvalue weighted by Crippen LogP contribution is 2.34. The Morgan fingerprint density at radius 2 is 2.00 bits per heavy atom. The molecule has 1 atom stereocenters. The Labute approximate surface area is 199 Å². The fourth-order valence-corrected chi connectivity index (χ4v) is 4.26. The van der Waals surface area contributed by atoms with E-state index in [0.717, 1.165) is 15.2 Å². The maximum absolute atomic E-state index is 13.7. The molecular formula is C23H26F3IN2O3. The molecule has 0 bridgehead atoms. The van der Waals surface area contributed by atoms with Crippen LogP contribution in [0.4, 0.5) is 18.9 Å². The van der Waals surface area contributed by atoms with Gasteiger partial charge in [0.15, 0.2) is 5.79 Å². The van der Waals surface area contributed by atoms with Crippen LogP contribution in [0.2, 0.25) is 0 Å². The second-order valence-electron chi connectivity index (χ2n) is 8.37. The predicted octanol–water partition coefficient (Wildman–Crippen LogP) is 5.07. The minimum atomic E-state index is -4.54. The number of amides is 1. The van der Waals surface area contributed by atoms with Gasteiger partial charge < -0.3 is 14.8 Å². The van der Waals surface area contributed by atoms with E-state index >= 15 is 0 Å². The van der Waals surface area contributed by atoms with Crippen LogP contribution < -0.4 is 5.32 Å². The molecule has 0 aromatic heterocycles. The van der Waals surface area contributed by atoms with Crippen LogP contribution in [0.5, 0.6) is 0 Å². The number of benzene rings is 2. The van der Waals surface area contributed by atoms with E-state index in [1.165, 1.54) is 12.1 Å². The van der Waals surface area contributed by atoms with Gasteiger partial charge in [-0.2, -0.15) is 13.2 Å². The molecule has 0 radical (unpaired) electrons. The number of anilines is 1. The van der Waals surface area contributed by atoms with Gasteiger partial charge in [-0.25, -0.2) is 0 Å². The molecule has 0 aliphatic carbocycles. The van der Waals surface area contributed by atoms with Crippen molar-refractivity contribution in [3.63, 3.8) is 0 Å². The number of halogens is 4. The zero-order chi connectivity index (χ0) is 23.5. The van der Waals surface area contributed by atoms with Gasteiger partial charge in [0.1, 0.15) is 0 Å². The fourth-order valence-electron chi connectivity index (χ4n) is 3.65. The van der Waals surface area contributed by atoms with Gasteiger partial charge in [-0.15, -0.1) is 0 Å². The molecule has 1 heterocycles. The first-order chi connectivity index (χ1) is 14.9. The fraction of sp³-hybridized carbons (Fsp3) is 0.435. The van der Waals surface area contributed by atoms with Crippen molar-refractivity contribution in [1.82, 2.24) is 4.90 Å². The predicted molar refractivity (Wildman–Crippen MR) is 124 cm³/mol. The highest BCUT2D eigenvalue weighted by molar-refractivity contribution is 14.1. The van der Waals surface area contributed by atoms with Crippen molar-refractivity contribution in [2.75, 3.05) is 25.5 Å². The molecule has 0 spiro atoms. The van der Waals surface area contributed by atoms with E-state index in [-0.39, 0.29) is 36.2 Å². The Kier molecular flexibility index (Phi) is 7.85. The van der Waals surface area contributed by atoms with Gasteiger partial charge in [0.2, 0.25) is 5.91 Å². The quantitative estimate of drug-likeness (QED) is 0.479. The molecular weight excluding hydrogens is 536 g/mol. The van der Waals surface area contributed by atoms with Crippen molar-refractivity contribution in [2.24, 2.45) is 0 Å². The third-order valence-corrected chi connectivity index (χ3v) is 5.65. The van der Waals surface area contributed by atoms with Crippen LogP contribution in [0.3, 0.4) is 0 Å². The van der Waals surface area contributed by atoms with Gasteiger partial charge in [0.05, 0.1) is 24.7 Å². The Morgan fingerprint density at radius 3 is 2.62 bits per heavy atom. The molecule has 0 saturated carbocycles. The van der Waals surface area contributed by atoms with Gasteiger partial charge >= 0.3 is 6.18 Å². The number of ether oxygens (including phenoxy) is 2. The summed E-state index contributed by atoms with van der Waals surface area (Å²) in [6.07, 6.45) is -4.66. The molecule has 9 heteroatoms. The van der Waals surface area contributed by atoms with Gasteiger partial charge in [-0.3, -0.25) is 9.69 Å². The number of carbonyl (C=O) groups excluding carboxylic acids is 1. The number of likely N-dealkylation sites (N-methyl/N-ethyl adjacent to an activating group) is 1. The summed E-state index contributed by atoms with van der Waals surface area (Å²) in [6, 6.07) is 11.3. The van der Waals surface area contributed by atoms with Gasteiger partial charge in [0.25, 0.3) is 0 Å². The largest absolute Gasteiger partial charge is 0.416 e. The van der Waals surface area contributed by atoms with E-state index in [2.05, 4.69) is 27.9 Å². The maximum Gasteiger partial charge on any atom is 0.416 e. The molecule has 32 heavy (non-hydrogen) atoms.